The standard InChI is InChI=1S/C10H18N2O3/c1-6(13)4-10(7(2)14,8(3)15)9(12)5-11/h9H,4-5,11-12H2,1-3H3. The summed E-state index contributed by atoms with van der Waals surface area (Å²) in [4.78, 5) is 34.2. The van der Waals surface area contributed by atoms with Crippen LogP contribution in [0.3, 0.4) is 0 Å². The molecule has 0 saturated heterocycles. The maximum atomic E-state index is 11.5. The molecule has 0 aromatic rings. The smallest absolute Gasteiger partial charge is 0.145 e. The average molecular weight is 214 g/mol. The molecule has 1 unspecified atom stereocenters. The van der Waals surface area contributed by atoms with Crippen molar-refractivity contribution in [1.29, 1.82) is 0 Å². The second-order valence-electron chi connectivity index (χ2n) is 3.80. The molecular formula is C10H18N2O3. The van der Waals surface area contributed by atoms with Crippen LogP contribution in [0.15, 0.2) is 0 Å². The normalized spacial score (nSPS) is 13.4. The van der Waals surface area contributed by atoms with E-state index in [9.17, 15) is 14.4 Å². The fourth-order valence-corrected chi connectivity index (χ4v) is 1.74. The minimum atomic E-state index is -1.44. The van der Waals surface area contributed by atoms with Gasteiger partial charge in [0.25, 0.3) is 0 Å². The van der Waals surface area contributed by atoms with Gasteiger partial charge in [-0.1, -0.05) is 0 Å². The highest BCUT2D eigenvalue weighted by atomic mass is 16.2. The molecule has 0 rings (SSSR count). The van der Waals surface area contributed by atoms with Crippen molar-refractivity contribution < 1.29 is 14.4 Å². The van der Waals surface area contributed by atoms with Gasteiger partial charge in [-0.2, -0.15) is 0 Å². The van der Waals surface area contributed by atoms with Gasteiger partial charge < -0.3 is 11.5 Å². The van der Waals surface area contributed by atoms with Gasteiger partial charge in [-0.25, -0.2) is 0 Å². The van der Waals surface area contributed by atoms with Crippen LogP contribution in [0.2, 0.25) is 0 Å². The summed E-state index contributed by atoms with van der Waals surface area (Å²) in [6.07, 6.45) is -0.171. The van der Waals surface area contributed by atoms with Crippen molar-refractivity contribution in [2.75, 3.05) is 6.54 Å². The fourth-order valence-electron chi connectivity index (χ4n) is 1.74. The Morgan fingerprint density at radius 3 is 1.73 bits per heavy atom. The van der Waals surface area contributed by atoms with Gasteiger partial charge >= 0.3 is 0 Å². The molecule has 1 atom stereocenters. The molecule has 0 amide bonds. The molecule has 15 heavy (non-hydrogen) atoms. The summed E-state index contributed by atoms with van der Waals surface area (Å²) < 4.78 is 0. The zero-order valence-electron chi connectivity index (χ0n) is 9.37. The molecule has 0 bridgehead atoms. The van der Waals surface area contributed by atoms with E-state index in [0.29, 0.717) is 0 Å². The number of carbonyl (C=O) groups excluding carboxylic acids is 3. The molecule has 5 heteroatoms. The lowest BCUT2D eigenvalue weighted by atomic mass is 9.70. The monoisotopic (exact) mass is 214 g/mol. The van der Waals surface area contributed by atoms with Gasteiger partial charge in [0.15, 0.2) is 0 Å². The molecule has 0 aliphatic heterocycles. The van der Waals surface area contributed by atoms with Crippen molar-refractivity contribution in [3.05, 3.63) is 0 Å². The second-order valence-corrected chi connectivity index (χ2v) is 3.80. The average Bonchev–Trinajstić information content (AvgIpc) is 2.11. The first kappa shape index (κ1) is 13.9. The van der Waals surface area contributed by atoms with Crippen LogP contribution in [-0.2, 0) is 14.4 Å². The Hall–Kier alpha value is -1.07. The zero-order valence-corrected chi connectivity index (χ0v) is 9.37. The van der Waals surface area contributed by atoms with E-state index in [-0.39, 0.29) is 18.7 Å². The van der Waals surface area contributed by atoms with Crippen LogP contribution >= 0.6 is 0 Å². The molecule has 0 radical (unpaired) electrons. The summed E-state index contributed by atoms with van der Waals surface area (Å²) >= 11 is 0. The van der Waals surface area contributed by atoms with Crippen LogP contribution < -0.4 is 11.5 Å². The van der Waals surface area contributed by atoms with Crippen LogP contribution in [0.25, 0.3) is 0 Å². The van der Waals surface area contributed by atoms with Gasteiger partial charge in [0.05, 0.1) is 0 Å². The molecule has 5 nitrogen and oxygen atoms in total. The minimum absolute atomic E-state index is 0.00750. The number of Topliss-reactive ketones (excluding diaryl/α,β-unsaturated/α-hetero) is 3. The molecule has 0 aromatic heterocycles. The number of hydrogen-bond donors (Lipinski definition) is 2. The number of ketones is 3. The highest BCUT2D eigenvalue weighted by molar-refractivity contribution is 6.08. The van der Waals surface area contributed by atoms with Gasteiger partial charge in [0, 0.05) is 19.0 Å². The summed E-state index contributed by atoms with van der Waals surface area (Å²) in [7, 11) is 0. The molecule has 0 saturated carbocycles. The maximum Gasteiger partial charge on any atom is 0.145 e. The number of rotatable bonds is 6. The lowest BCUT2D eigenvalue weighted by molar-refractivity contribution is -0.143. The third-order valence-corrected chi connectivity index (χ3v) is 2.67. The van der Waals surface area contributed by atoms with E-state index in [0.717, 1.165) is 0 Å². The van der Waals surface area contributed by atoms with Gasteiger partial charge in [-0.15, -0.1) is 0 Å². The van der Waals surface area contributed by atoms with Crippen molar-refractivity contribution >= 4 is 17.3 Å². The molecule has 0 fully saturated rings. The maximum absolute atomic E-state index is 11.5. The number of carbonyl (C=O) groups is 3. The second kappa shape index (κ2) is 5.14. The lowest BCUT2D eigenvalue weighted by Gasteiger charge is -2.32. The van der Waals surface area contributed by atoms with E-state index in [1.54, 1.807) is 0 Å². The van der Waals surface area contributed by atoms with Gasteiger partial charge in [0.2, 0.25) is 0 Å². The van der Waals surface area contributed by atoms with Crippen molar-refractivity contribution in [2.45, 2.75) is 33.2 Å². The highest BCUT2D eigenvalue weighted by Gasteiger charge is 2.46. The van der Waals surface area contributed by atoms with E-state index in [1.165, 1.54) is 20.8 Å². The van der Waals surface area contributed by atoms with E-state index >= 15 is 0 Å². The number of nitrogens with two attached hydrogens (primary N) is 2. The Morgan fingerprint density at radius 2 is 1.53 bits per heavy atom. The Labute approximate surface area is 89.2 Å². The van der Waals surface area contributed by atoms with E-state index < -0.39 is 23.0 Å². The Balaban J connectivity index is 5.36. The molecule has 86 valence electrons. The van der Waals surface area contributed by atoms with Gasteiger partial charge in [-0.05, 0) is 20.8 Å². The topological polar surface area (TPSA) is 103 Å². The Kier molecular flexibility index (Phi) is 4.77. The molecule has 0 aliphatic rings. The molecule has 0 spiro atoms. The van der Waals surface area contributed by atoms with E-state index in [1.807, 2.05) is 0 Å². The molecule has 4 N–H and O–H groups in total. The van der Waals surface area contributed by atoms with Crippen LogP contribution in [0, 0.1) is 5.41 Å². The Morgan fingerprint density at radius 1 is 1.13 bits per heavy atom. The number of hydrogen-bond acceptors (Lipinski definition) is 5. The van der Waals surface area contributed by atoms with Crippen LogP contribution in [-0.4, -0.2) is 29.9 Å². The predicted octanol–water partition coefficient (Wildman–Crippen LogP) is -0.584. The first-order valence-corrected chi connectivity index (χ1v) is 4.76. The van der Waals surface area contributed by atoms with Crippen LogP contribution in [0.4, 0.5) is 0 Å². The summed E-state index contributed by atoms with van der Waals surface area (Å²) in [5.74, 6) is -1.05. The van der Waals surface area contributed by atoms with Crippen molar-refractivity contribution in [2.24, 2.45) is 16.9 Å². The summed E-state index contributed by atoms with van der Waals surface area (Å²) in [5.41, 5.74) is 9.61. The van der Waals surface area contributed by atoms with E-state index in [2.05, 4.69) is 0 Å². The third kappa shape index (κ3) is 2.70. The van der Waals surface area contributed by atoms with Gasteiger partial charge in [-0.3, -0.25) is 14.4 Å². The zero-order chi connectivity index (χ0) is 12.2. The first-order chi connectivity index (χ1) is 6.78. The predicted molar refractivity (Wildman–Crippen MR) is 56.1 cm³/mol. The summed E-state index contributed by atoms with van der Waals surface area (Å²) in [6.45, 7) is 3.84. The fraction of sp³-hybridized carbons (Fsp3) is 0.700. The van der Waals surface area contributed by atoms with Crippen LogP contribution in [0.1, 0.15) is 27.2 Å². The molecule has 0 heterocycles. The lowest BCUT2D eigenvalue weighted by Crippen LogP contribution is -2.55. The minimum Gasteiger partial charge on any atom is -0.329 e. The quantitative estimate of drug-likeness (QED) is 0.575. The van der Waals surface area contributed by atoms with Crippen molar-refractivity contribution in [3.63, 3.8) is 0 Å². The molecule has 0 aliphatic carbocycles. The first-order valence-electron chi connectivity index (χ1n) is 4.76. The van der Waals surface area contributed by atoms with Crippen LogP contribution in [0.5, 0.6) is 0 Å². The van der Waals surface area contributed by atoms with Crippen molar-refractivity contribution in [3.8, 4) is 0 Å². The molecular weight excluding hydrogens is 196 g/mol. The summed E-state index contributed by atoms with van der Waals surface area (Å²) in [5, 5.41) is 0. The van der Waals surface area contributed by atoms with Crippen molar-refractivity contribution in [1.82, 2.24) is 0 Å². The largest absolute Gasteiger partial charge is 0.329 e. The Bertz CT molecular complexity index is 272. The van der Waals surface area contributed by atoms with E-state index in [4.69, 9.17) is 11.5 Å². The molecule has 0 aromatic carbocycles. The summed E-state index contributed by atoms with van der Waals surface area (Å²) in [6, 6.07) is -0.809. The third-order valence-electron chi connectivity index (χ3n) is 2.67. The SMILES string of the molecule is CC(=O)CC(C(C)=O)(C(C)=O)C(N)CN. The van der Waals surface area contributed by atoms with Gasteiger partial charge in [0.1, 0.15) is 22.8 Å². The highest BCUT2D eigenvalue weighted by Crippen LogP contribution is 2.28.